The molecule has 0 aliphatic heterocycles. The van der Waals surface area contributed by atoms with E-state index in [9.17, 15) is 4.79 Å². The van der Waals surface area contributed by atoms with Crippen molar-refractivity contribution >= 4 is 29.3 Å². The van der Waals surface area contributed by atoms with Crippen molar-refractivity contribution in [1.29, 1.82) is 0 Å². The summed E-state index contributed by atoms with van der Waals surface area (Å²) in [5, 5.41) is 13.2. The first kappa shape index (κ1) is 19.2. The Morgan fingerprint density at radius 3 is 2.65 bits per heavy atom. The predicted molar refractivity (Wildman–Crippen MR) is 106 cm³/mol. The molecular formula is C19H25ClN4OS. The second-order valence-electron chi connectivity index (χ2n) is 6.57. The SMILES string of the molecule is CCn1c(SCC(=O)NC2CCCCCC2)nnc1-c1ccccc1Cl. The number of carbonyl (C=O) groups is 1. The van der Waals surface area contributed by atoms with Crippen LogP contribution < -0.4 is 5.32 Å². The third kappa shape index (κ3) is 4.80. The molecule has 0 bridgehead atoms. The molecule has 0 unspecified atom stereocenters. The van der Waals surface area contributed by atoms with Crippen LogP contribution in [0.25, 0.3) is 11.4 Å². The smallest absolute Gasteiger partial charge is 0.230 e. The van der Waals surface area contributed by atoms with E-state index in [2.05, 4.69) is 15.5 Å². The fourth-order valence-corrected chi connectivity index (χ4v) is 4.38. The van der Waals surface area contributed by atoms with Gasteiger partial charge in [-0.2, -0.15) is 0 Å². The number of hydrogen-bond donors (Lipinski definition) is 1. The molecule has 1 aromatic heterocycles. The Bertz CT molecular complexity index is 741. The molecule has 5 nitrogen and oxygen atoms in total. The quantitative estimate of drug-likeness (QED) is 0.578. The first-order valence-corrected chi connectivity index (χ1v) is 10.7. The van der Waals surface area contributed by atoms with E-state index >= 15 is 0 Å². The van der Waals surface area contributed by atoms with Crippen molar-refractivity contribution in [1.82, 2.24) is 20.1 Å². The molecule has 0 saturated heterocycles. The molecule has 1 fully saturated rings. The van der Waals surface area contributed by atoms with Gasteiger partial charge in [0.05, 0.1) is 10.8 Å². The van der Waals surface area contributed by atoms with Crippen LogP contribution in [0.5, 0.6) is 0 Å². The number of hydrogen-bond acceptors (Lipinski definition) is 4. The van der Waals surface area contributed by atoms with E-state index < -0.39 is 0 Å². The Kier molecular flexibility index (Phi) is 6.97. The summed E-state index contributed by atoms with van der Waals surface area (Å²) in [4.78, 5) is 12.3. The highest BCUT2D eigenvalue weighted by molar-refractivity contribution is 7.99. The Hall–Kier alpha value is -1.53. The second-order valence-corrected chi connectivity index (χ2v) is 7.92. The average Bonchev–Trinajstić information content (AvgIpc) is 2.87. The normalized spacial score (nSPS) is 15.6. The summed E-state index contributed by atoms with van der Waals surface area (Å²) in [5.74, 6) is 1.17. The van der Waals surface area contributed by atoms with Gasteiger partial charge in [-0.1, -0.05) is 61.2 Å². The molecule has 1 heterocycles. The molecular weight excluding hydrogens is 368 g/mol. The average molecular weight is 393 g/mol. The molecule has 7 heteroatoms. The van der Waals surface area contributed by atoms with Crippen molar-refractivity contribution in [2.24, 2.45) is 0 Å². The molecule has 1 amide bonds. The van der Waals surface area contributed by atoms with E-state index in [1.165, 1.54) is 37.4 Å². The summed E-state index contributed by atoms with van der Waals surface area (Å²) in [6, 6.07) is 7.94. The van der Waals surface area contributed by atoms with E-state index in [0.717, 1.165) is 35.9 Å². The fourth-order valence-electron chi connectivity index (χ4n) is 3.35. The molecule has 1 aliphatic carbocycles. The first-order valence-electron chi connectivity index (χ1n) is 9.29. The largest absolute Gasteiger partial charge is 0.353 e. The molecule has 1 aliphatic rings. The van der Waals surface area contributed by atoms with Crippen LogP contribution in [0.3, 0.4) is 0 Å². The zero-order valence-corrected chi connectivity index (χ0v) is 16.7. The van der Waals surface area contributed by atoms with Gasteiger partial charge in [-0.3, -0.25) is 4.79 Å². The van der Waals surface area contributed by atoms with Crippen LogP contribution >= 0.6 is 23.4 Å². The number of carbonyl (C=O) groups excluding carboxylic acids is 1. The minimum absolute atomic E-state index is 0.0758. The van der Waals surface area contributed by atoms with Crippen LogP contribution in [-0.4, -0.2) is 32.5 Å². The van der Waals surface area contributed by atoms with Gasteiger partial charge in [0, 0.05) is 18.2 Å². The Morgan fingerprint density at radius 2 is 1.96 bits per heavy atom. The van der Waals surface area contributed by atoms with Gasteiger partial charge in [0.1, 0.15) is 0 Å². The molecule has 0 atom stereocenters. The lowest BCUT2D eigenvalue weighted by molar-refractivity contribution is -0.119. The Labute approximate surface area is 163 Å². The van der Waals surface area contributed by atoms with Crippen molar-refractivity contribution in [3.8, 4) is 11.4 Å². The van der Waals surface area contributed by atoms with Crippen LogP contribution in [0, 0.1) is 0 Å². The van der Waals surface area contributed by atoms with Gasteiger partial charge in [-0.05, 0) is 31.9 Å². The van der Waals surface area contributed by atoms with Crippen LogP contribution in [0.15, 0.2) is 29.4 Å². The predicted octanol–water partition coefficient (Wildman–Crippen LogP) is 4.55. The van der Waals surface area contributed by atoms with Crippen molar-refractivity contribution in [3.05, 3.63) is 29.3 Å². The maximum absolute atomic E-state index is 12.3. The van der Waals surface area contributed by atoms with Gasteiger partial charge in [0.15, 0.2) is 11.0 Å². The third-order valence-corrected chi connectivity index (χ3v) is 6.00. The number of amides is 1. The molecule has 1 saturated carbocycles. The molecule has 3 rings (SSSR count). The lowest BCUT2D eigenvalue weighted by atomic mass is 10.1. The highest BCUT2D eigenvalue weighted by Crippen LogP contribution is 2.29. The minimum Gasteiger partial charge on any atom is -0.353 e. The highest BCUT2D eigenvalue weighted by Gasteiger charge is 2.18. The number of nitrogens with one attached hydrogen (secondary N) is 1. The van der Waals surface area contributed by atoms with Gasteiger partial charge >= 0.3 is 0 Å². The topological polar surface area (TPSA) is 59.8 Å². The zero-order valence-electron chi connectivity index (χ0n) is 15.1. The van der Waals surface area contributed by atoms with Crippen LogP contribution in [0.1, 0.15) is 45.4 Å². The summed E-state index contributed by atoms with van der Waals surface area (Å²) < 4.78 is 2.00. The molecule has 0 radical (unpaired) electrons. The maximum Gasteiger partial charge on any atom is 0.230 e. The van der Waals surface area contributed by atoms with Crippen molar-refractivity contribution in [2.45, 2.75) is 63.2 Å². The van der Waals surface area contributed by atoms with Crippen molar-refractivity contribution in [3.63, 3.8) is 0 Å². The summed E-state index contributed by atoms with van der Waals surface area (Å²) >= 11 is 7.72. The summed E-state index contributed by atoms with van der Waals surface area (Å²) in [6.07, 6.45) is 7.18. The maximum atomic E-state index is 12.3. The van der Waals surface area contributed by atoms with Crippen LogP contribution in [0.4, 0.5) is 0 Å². The number of thioether (sulfide) groups is 1. The molecule has 26 heavy (non-hydrogen) atoms. The first-order chi connectivity index (χ1) is 12.7. The second kappa shape index (κ2) is 9.42. The summed E-state index contributed by atoms with van der Waals surface area (Å²) in [5.41, 5.74) is 0.860. The van der Waals surface area contributed by atoms with Crippen molar-refractivity contribution in [2.75, 3.05) is 5.75 Å². The van der Waals surface area contributed by atoms with Gasteiger partial charge in [0.2, 0.25) is 5.91 Å². The van der Waals surface area contributed by atoms with Gasteiger partial charge in [0.25, 0.3) is 0 Å². The lowest BCUT2D eigenvalue weighted by Gasteiger charge is -2.16. The van der Waals surface area contributed by atoms with E-state index in [1.807, 2.05) is 35.8 Å². The molecule has 140 valence electrons. The summed E-state index contributed by atoms with van der Waals surface area (Å²) in [6.45, 7) is 2.76. The van der Waals surface area contributed by atoms with E-state index in [0.29, 0.717) is 16.8 Å². The van der Waals surface area contributed by atoms with E-state index in [-0.39, 0.29) is 5.91 Å². The van der Waals surface area contributed by atoms with Gasteiger partial charge in [-0.25, -0.2) is 0 Å². The monoisotopic (exact) mass is 392 g/mol. The highest BCUT2D eigenvalue weighted by atomic mass is 35.5. The van der Waals surface area contributed by atoms with Crippen LogP contribution in [-0.2, 0) is 11.3 Å². The fraction of sp³-hybridized carbons (Fsp3) is 0.526. The molecule has 1 aromatic carbocycles. The summed E-state index contributed by atoms with van der Waals surface area (Å²) in [7, 11) is 0. The zero-order chi connectivity index (χ0) is 18.4. The molecule has 1 N–H and O–H groups in total. The lowest BCUT2D eigenvalue weighted by Crippen LogP contribution is -2.35. The number of aromatic nitrogens is 3. The third-order valence-electron chi connectivity index (χ3n) is 4.70. The number of benzene rings is 1. The standard InChI is InChI=1S/C19H25ClN4OS/c1-2-24-18(15-11-7-8-12-16(15)20)22-23-19(24)26-13-17(25)21-14-9-5-3-4-6-10-14/h7-8,11-12,14H,2-6,9-10,13H2,1H3,(H,21,25). The Morgan fingerprint density at radius 1 is 1.23 bits per heavy atom. The minimum atomic E-state index is 0.0758. The molecule has 0 spiro atoms. The number of rotatable bonds is 6. The Balaban J connectivity index is 1.63. The van der Waals surface area contributed by atoms with Crippen LogP contribution in [0.2, 0.25) is 5.02 Å². The van der Waals surface area contributed by atoms with E-state index in [4.69, 9.17) is 11.6 Å². The number of halogens is 1. The van der Waals surface area contributed by atoms with Crippen molar-refractivity contribution < 1.29 is 4.79 Å². The number of nitrogens with zero attached hydrogens (tertiary/aromatic N) is 3. The van der Waals surface area contributed by atoms with Gasteiger partial charge < -0.3 is 9.88 Å². The molecule has 2 aromatic rings. The van der Waals surface area contributed by atoms with E-state index in [1.54, 1.807) is 0 Å². The van der Waals surface area contributed by atoms with Gasteiger partial charge in [-0.15, -0.1) is 10.2 Å².